The number of hydrogen-bond acceptors (Lipinski definition) is 5. The smallest absolute Gasteiger partial charge is 0.262 e. The van der Waals surface area contributed by atoms with Gasteiger partial charge in [-0.3, -0.25) is 4.79 Å². The molecule has 0 atom stereocenters. The maximum Gasteiger partial charge on any atom is 0.262 e. The van der Waals surface area contributed by atoms with E-state index in [1.54, 1.807) is 5.38 Å². The average molecular weight is 456 g/mol. The number of para-hydroxylation sites is 1. The number of carbonyl (C=O) groups excluding carboxylic acids is 1. The van der Waals surface area contributed by atoms with Crippen molar-refractivity contribution in [1.29, 1.82) is 0 Å². The number of hydrogen-bond donors (Lipinski definition) is 1. The Morgan fingerprint density at radius 3 is 2.23 bits per heavy atom. The Morgan fingerprint density at radius 1 is 0.903 bits per heavy atom. The van der Waals surface area contributed by atoms with Gasteiger partial charge in [0.2, 0.25) is 10.0 Å². The molecule has 1 aromatic heterocycles. The van der Waals surface area contributed by atoms with E-state index >= 15 is 0 Å². The molecule has 2 aromatic carbocycles. The van der Waals surface area contributed by atoms with Gasteiger partial charge in [-0.2, -0.15) is 4.31 Å². The Labute approximate surface area is 187 Å². The van der Waals surface area contributed by atoms with Crippen LogP contribution >= 0.6 is 11.3 Å². The lowest BCUT2D eigenvalue weighted by molar-refractivity contribution is 0.0955. The number of nitrogens with zero attached hydrogens (tertiary/aromatic N) is 2. The first kappa shape index (κ1) is 21.5. The summed E-state index contributed by atoms with van der Waals surface area (Å²) in [6, 6.07) is 21.4. The minimum Gasteiger partial charge on any atom is -0.369 e. The summed E-state index contributed by atoms with van der Waals surface area (Å²) >= 11 is 1.16. The van der Waals surface area contributed by atoms with Crippen molar-refractivity contribution in [2.24, 2.45) is 0 Å². The van der Waals surface area contributed by atoms with Gasteiger partial charge in [0.05, 0.1) is 0 Å². The summed E-state index contributed by atoms with van der Waals surface area (Å²) in [4.78, 5) is 15.2. The molecule has 1 saturated heterocycles. The van der Waals surface area contributed by atoms with Crippen LogP contribution in [0, 0.1) is 0 Å². The molecule has 4 rings (SSSR count). The van der Waals surface area contributed by atoms with Crippen LogP contribution in [0.5, 0.6) is 0 Å². The minimum atomic E-state index is -3.72. The number of sulfonamides is 1. The van der Waals surface area contributed by atoms with Gasteiger partial charge in [0.15, 0.2) is 0 Å². The fraction of sp³-hybridized carbons (Fsp3) is 0.261. The van der Waals surface area contributed by atoms with Gasteiger partial charge in [0.1, 0.15) is 9.77 Å². The number of thiophene rings is 1. The highest BCUT2D eigenvalue weighted by molar-refractivity contribution is 7.89. The van der Waals surface area contributed by atoms with Gasteiger partial charge < -0.3 is 10.2 Å². The van der Waals surface area contributed by atoms with E-state index in [1.807, 2.05) is 60.7 Å². The first-order valence-electron chi connectivity index (χ1n) is 10.3. The molecule has 1 amide bonds. The molecule has 0 unspecified atom stereocenters. The van der Waals surface area contributed by atoms with Crippen LogP contribution in [0.2, 0.25) is 0 Å². The third-order valence-corrected chi connectivity index (χ3v) is 8.34. The SMILES string of the molecule is O=C(NCCc1ccccc1)c1sccc1S(=O)(=O)N1CCN(c2ccccc2)CC1. The van der Waals surface area contributed by atoms with Crippen LogP contribution in [-0.2, 0) is 16.4 Å². The van der Waals surface area contributed by atoms with Crippen LogP contribution < -0.4 is 10.2 Å². The number of rotatable bonds is 7. The molecule has 0 radical (unpaired) electrons. The molecule has 8 heteroatoms. The Balaban J connectivity index is 1.39. The number of benzene rings is 2. The van der Waals surface area contributed by atoms with Gasteiger partial charge in [0, 0.05) is 38.4 Å². The maximum atomic E-state index is 13.2. The van der Waals surface area contributed by atoms with Crippen molar-refractivity contribution in [1.82, 2.24) is 9.62 Å². The third-order valence-electron chi connectivity index (χ3n) is 5.36. The zero-order chi connectivity index (χ0) is 21.7. The van der Waals surface area contributed by atoms with Crippen LogP contribution in [0.25, 0.3) is 0 Å². The number of amides is 1. The first-order valence-corrected chi connectivity index (χ1v) is 12.6. The summed E-state index contributed by atoms with van der Waals surface area (Å²) in [7, 11) is -3.72. The van der Waals surface area contributed by atoms with Crippen LogP contribution in [0.1, 0.15) is 15.2 Å². The molecule has 0 spiro atoms. The molecule has 0 saturated carbocycles. The highest BCUT2D eigenvalue weighted by Crippen LogP contribution is 2.27. The molecule has 3 aromatic rings. The minimum absolute atomic E-state index is 0.0999. The van der Waals surface area contributed by atoms with Crippen molar-refractivity contribution in [2.45, 2.75) is 11.3 Å². The summed E-state index contributed by atoms with van der Waals surface area (Å²) in [5, 5.41) is 4.52. The van der Waals surface area contributed by atoms with E-state index in [4.69, 9.17) is 0 Å². The monoisotopic (exact) mass is 455 g/mol. The summed E-state index contributed by atoms with van der Waals surface area (Å²) in [5.41, 5.74) is 2.21. The van der Waals surface area contributed by atoms with Gasteiger partial charge in [-0.15, -0.1) is 11.3 Å². The number of anilines is 1. The zero-order valence-electron chi connectivity index (χ0n) is 17.1. The summed E-state index contributed by atoms with van der Waals surface area (Å²) in [6.45, 7) is 2.47. The van der Waals surface area contributed by atoms with Crippen molar-refractivity contribution in [3.8, 4) is 0 Å². The zero-order valence-corrected chi connectivity index (χ0v) is 18.7. The lowest BCUT2D eigenvalue weighted by Gasteiger charge is -2.35. The molecule has 1 fully saturated rings. The third kappa shape index (κ3) is 4.98. The number of carbonyl (C=O) groups is 1. The molecule has 1 aliphatic rings. The van der Waals surface area contributed by atoms with Crippen molar-refractivity contribution in [2.75, 3.05) is 37.6 Å². The molecule has 162 valence electrons. The summed E-state index contributed by atoms with van der Waals surface area (Å²) in [6.07, 6.45) is 0.696. The molecule has 6 nitrogen and oxygen atoms in total. The van der Waals surface area contributed by atoms with E-state index in [0.29, 0.717) is 39.1 Å². The standard InChI is InChI=1S/C23H25N3O3S2/c27-23(24-13-11-19-7-3-1-4-8-19)22-21(12-18-30-22)31(28,29)26-16-14-25(15-17-26)20-9-5-2-6-10-20/h1-10,12,18H,11,13-17H2,(H,24,27). The number of piperazine rings is 1. The van der Waals surface area contributed by atoms with Gasteiger partial charge in [-0.1, -0.05) is 48.5 Å². The second kappa shape index (κ2) is 9.64. The largest absolute Gasteiger partial charge is 0.369 e. The van der Waals surface area contributed by atoms with E-state index in [9.17, 15) is 13.2 Å². The Morgan fingerprint density at radius 2 is 1.55 bits per heavy atom. The lowest BCUT2D eigenvalue weighted by Crippen LogP contribution is -2.48. The van der Waals surface area contributed by atoms with Crippen molar-refractivity contribution >= 4 is 33.0 Å². The molecule has 0 bridgehead atoms. The van der Waals surface area contributed by atoms with E-state index in [2.05, 4.69) is 10.2 Å². The Hall–Kier alpha value is -2.68. The fourth-order valence-corrected chi connectivity index (χ4v) is 6.42. The average Bonchev–Trinajstić information content (AvgIpc) is 3.32. The molecule has 1 N–H and O–H groups in total. The molecule has 2 heterocycles. The first-order chi connectivity index (χ1) is 15.1. The molecule has 1 aliphatic heterocycles. The quantitative estimate of drug-likeness (QED) is 0.594. The maximum absolute atomic E-state index is 13.2. The Kier molecular flexibility index (Phi) is 6.70. The predicted molar refractivity (Wildman–Crippen MR) is 124 cm³/mol. The van der Waals surface area contributed by atoms with Crippen LogP contribution in [0.4, 0.5) is 5.69 Å². The highest BCUT2D eigenvalue weighted by atomic mass is 32.2. The highest BCUT2D eigenvalue weighted by Gasteiger charge is 2.32. The molecule has 31 heavy (non-hydrogen) atoms. The van der Waals surface area contributed by atoms with E-state index < -0.39 is 10.0 Å². The van der Waals surface area contributed by atoms with Crippen LogP contribution in [-0.4, -0.2) is 51.4 Å². The van der Waals surface area contributed by atoms with E-state index in [1.165, 1.54) is 10.4 Å². The second-order valence-corrected chi connectivity index (χ2v) is 10.2. The molecule has 0 aliphatic carbocycles. The Bertz CT molecular complexity index is 1110. The van der Waals surface area contributed by atoms with E-state index in [-0.39, 0.29) is 15.7 Å². The lowest BCUT2D eigenvalue weighted by atomic mass is 10.1. The van der Waals surface area contributed by atoms with Gasteiger partial charge in [-0.25, -0.2) is 8.42 Å². The van der Waals surface area contributed by atoms with Crippen molar-refractivity contribution < 1.29 is 13.2 Å². The normalized spacial score (nSPS) is 15.0. The number of nitrogens with one attached hydrogen (secondary N) is 1. The van der Waals surface area contributed by atoms with E-state index in [0.717, 1.165) is 22.6 Å². The van der Waals surface area contributed by atoms with Crippen LogP contribution in [0.15, 0.2) is 77.0 Å². The van der Waals surface area contributed by atoms with Crippen molar-refractivity contribution in [3.05, 3.63) is 82.6 Å². The molecular weight excluding hydrogens is 430 g/mol. The van der Waals surface area contributed by atoms with Crippen molar-refractivity contribution in [3.63, 3.8) is 0 Å². The van der Waals surface area contributed by atoms with Crippen LogP contribution in [0.3, 0.4) is 0 Å². The second-order valence-electron chi connectivity index (χ2n) is 7.33. The van der Waals surface area contributed by atoms with Gasteiger partial charge >= 0.3 is 0 Å². The summed E-state index contributed by atoms with van der Waals surface area (Å²) in [5.74, 6) is -0.340. The molecular formula is C23H25N3O3S2. The topological polar surface area (TPSA) is 69.7 Å². The predicted octanol–water partition coefficient (Wildman–Crippen LogP) is 3.23. The summed E-state index contributed by atoms with van der Waals surface area (Å²) < 4.78 is 28.0. The van der Waals surface area contributed by atoms with Gasteiger partial charge in [-0.05, 0) is 35.6 Å². The fourth-order valence-electron chi connectivity index (χ4n) is 3.68. The van der Waals surface area contributed by atoms with Gasteiger partial charge in [0.25, 0.3) is 5.91 Å².